The molecule has 2 rings (SSSR count). The number of hydrogen-bond acceptors (Lipinski definition) is 9. The number of nitro groups is 1. The molecule has 1 unspecified atom stereocenters. The van der Waals surface area contributed by atoms with Crippen LogP contribution in [0.1, 0.15) is 126 Å². The fourth-order valence-corrected chi connectivity index (χ4v) is 4.32. The van der Waals surface area contributed by atoms with E-state index in [4.69, 9.17) is 18.9 Å². The van der Waals surface area contributed by atoms with E-state index in [0.29, 0.717) is 18.4 Å². The first-order valence-electron chi connectivity index (χ1n) is 15.2. The van der Waals surface area contributed by atoms with E-state index in [1.807, 2.05) is 0 Å². The van der Waals surface area contributed by atoms with Gasteiger partial charge in [0.15, 0.2) is 6.29 Å². The normalized spacial score (nSPS) is 12.3. The number of aldehydes is 1. The fraction of sp³-hybridized carbons (Fsp3) is 0.559. The number of nitrogens with zero attached hydrogens (tertiary/aromatic N) is 1. The lowest BCUT2D eigenvalue weighted by Crippen LogP contribution is -2.26. The Morgan fingerprint density at radius 3 is 1.86 bits per heavy atom. The highest BCUT2D eigenvalue weighted by Crippen LogP contribution is 2.26. The number of esters is 2. The Morgan fingerprint density at radius 2 is 1.34 bits per heavy atom. The number of benzene rings is 2. The first kappa shape index (κ1) is 36.4. The maximum atomic E-state index is 13.0. The van der Waals surface area contributed by atoms with E-state index < -0.39 is 34.4 Å². The molecule has 10 nitrogen and oxygen atoms in total. The number of rotatable bonds is 18. The molecule has 0 N–H and O–H groups in total. The second-order valence-corrected chi connectivity index (χ2v) is 12.7. The Kier molecular flexibility index (Phi) is 14.5. The smallest absolute Gasteiger partial charge is 0.338 e. The predicted octanol–water partition coefficient (Wildman–Crippen LogP) is 8.14. The van der Waals surface area contributed by atoms with Crippen molar-refractivity contribution in [3.8, 4) is 5.75 Å². The van der Waals surface area contributed by atoms with E-state index >= 15 is 0 Å². The van der Waals surface area contributed by atoms with Gasteiger partial charge in [0.25, 0.3) is 5.69 Å². The van der Waals surface area contributed by atoms with E-state index in [-0.39, 0.29) is 29.2 Å². The monoisotopic (exact) mass is 613 g/mol. The minimum atomic E-state index is -0.817. The Bertz CT molecular complexity index is 1200. The number of ether oxygens (including phenoxy) is 4. The van der Waals surface area contributed by atoms with Crippen molar-refractivity contribution in [3.63, 3.8) is 0 Å². The lowest BCUT2D eigenvalue weighted by molar-refractivity contribution is -0.386. The molecule has 1 atom stereocenters. The van der Waals surface area contributed by atoms with Crippen molar-refractivity contribution in [2.24, 2.45) is 0 Å². The molecule has 242 valence electrons. The van der Waals surface area contributed by atoms with Crippen molar-refractivity contribution in [2.45, 2.75) is 123 Å². The molecule has 2 aromatic carbocycles. The molecule has 0 aliphatic carbocycles. The zero-order valence-electron chi connectivity index (χ0n) is 26.9. The van der Waals surface area contributed by atoms with Crippen LogP contribution >= 0.6 is 0 Å². The van der Waals surface area contributed by atoms with Crippen LogP contribution in [0.25, 0.3) is 0 Å². The number of unbranched alkanes of at least 4 members (excludes halogenated alkanes) is 7. The van der Waals surface area contributed by atoms with E-state index in [2.05, 4.69) is 0 Å². The van der Waals surface area contributed by atoms with E-state index in [1.165, 1.54) is 24.3 Å². The summed E-state index contributed by atoms with van der Waals surface area (Å²) < 4.78 is 23.3. The molecular formula is C34H47NO9. The maximum absolute atomic E-state index is 13.0. The van der Waals surface area contributed by atoms with Crippen LogP contribution in [0.5, 0.6) is 5.75 Å². The lowest BCUT2D eigenvalue weighted by Gasteiger charge is -2.23. The van der Waals surface area contributed by atoms with E-state index in [0.717, 1.165) is 51.2 Å². The Balaban J connectivity index is 2.27. The molecule has 0 spiro atoms. The molecule has 0 heterocycles. The molecule has 0 amide bonds. The fourth-order valence-electron chi connectivity index (χ4n) is 4.32. The zero-order chi connectivity index (χ0) is 32.8. The van der Waals surface area contributed by atoms with Crippen LogP contribution in [0.3, 0.4) is 0 Å². The molecule has 0 aromatic heterocycles. The van der Waals surface area contributed by atoms with Crippen LogP contribution in [-0.4, -0.2) is 40.6 Å². The predicted molar refractivity (Wildman–Crippen MR) is 167 cm³/mol. The average molecular weight is 614 g/mol. The van der Waals surface area contributed by atoms with Crippen LogP contribution in [0.4, 0.5) is 5.69 Å². The van der Waals surface area contributed by atoms with Crippen LogP contribution in [0, 0.1) is 10.1 Å². The first-order valence-corrected chi connectivity index (χ1v) is 15.2. The van der Waals surface area contributed by atoms with Crippen LogP contribution < -0.4 is 4.74 Å². The summed E-state index contributed by atoms with van der Waals surface area (Å²) >= 11 is 0. The molecule has 0 aliphatic heterocycles. The topological polar surface area (TPSA) is 131 Å². The molecule has 10 heteroatoms. The van der Waals surface area contributed by atoms with Crippen LogP contribution in [0.2, 0.25) is 0 Å². The molecular weight excluding hydrogens is 566 g/mol. The Morgan fingerprint density at radius 1 is 0.818 bits per heavy atom. The highest BCUT2D eigenvalue weighted by atomic mass is 16.7. The third-order valence-electron chi connectivity index (χ3n) is 6.32. The quantitative estimate of drug-likeness (QED) is 0.0408. The van der Waals surface area contributed by atoms with Gasteiger partial charge in [0.05, 0.1) is 28.2 Å². The number of hydrogen-bond donors (Lipinski definition) is 0. The van der Waals surface area contributed by atoms with Crippen molar-refractivity contribution in [2.75, 3.05) is 0 Å². The summed E-state index contributed by atoms with van der Waals surface area (Å²) in [5.41, 5.74) is -0.941. The second-order valence-electron chi connectivity index (χ2n) is 12.7. The Hall–Kier alpha value is -3.79. The second kappa shape index (κ2) is 17.5. The van der Waals surface area contributed by atoms with Gasteiger partial charge in [-0.25, -0.2) is 9.59 Å². The third kappa shape index (κ3) is 14.1. The van der Waals surface area contributed by atoms with Gasteiger partial charge in [0.2, 0.25) is 0 Å². The standard InChI is InChI=1S/C34H47NO9/c1-33(2,3)43-31(37)26-21-27(32(38)44-34(4,5)6)23-28(22-26)42-30(19-13-11-9-7-8-10-12-16-20-36)41-24-25-17-14-15-18-29(25)35(39)40/h14-15,17-18,20-23,30H,7-13,16,19,24H2,1-6H3. The molecule has 44 heavy (non-hydrogen) atoms. The SMILES string of the molecule is CC(C)(C)OC(=O)c1cc(OC(CCCCCCCCCC=O)OCc2ccccc2[N+](=O)[O-])cc(C(=O)OC(C)(C)C)c1. The molecule has 0 radical (unpaired) electrons. The van der Waals surface area contributed by atoms with E-state index in [1.54, 1.807) is 59.7 Å². The van der Waals surface area contributed by atoms with Gasteiger partial charge >= 0.3 is 11.9 Å². The first-order chi connectivity index (χ1) is 20.7. The van der Waals surface area contributed by atoms with Crippen molar-refractivity contribution >= 4 is 23.9 Å². The van der Waals surface area contributed by atoms with Crippen LogP contribution in [0.15, 0.2) is 42.5 Å². The number of para-hydroxylation sites is 1. The minimum Gasteiger partial charge on any atom is -0.465 e. The van der Waals surface area contributed by atoms with Crippen molar-refractivity contribution in [3.05, 3.63) is 69.3 Å². The molecule has 0 saturated heterocycles. The third-order valence-corrected chi connectivity index (χ3v) is 6.32. The van der Waals surface area contributed by atoms with Gasteiger partial charge in [-0.1, -0.05) is 44.2 Å². The summed E-state index contributed by atoms with van der Waals surface area (Å²) in [7, 11) is 0. The van der Waals surface area contributed by atoms with Crippen molar-refractivity contribution in [1.82, 2.24) is 0 Å². The van der Waals surface area contributed by atoms with Crippen LogP contribution in [-0.2, 0) is 25.6 Å². The average Bonchev–Trinajstić information content (AvgIpc) is 2.93. The van der Waals surface area contributed by atoms with Crippen molar-refractivity contribution in [1.29, 1.82) is 0 Å². The van der Waals surface area contributed by atoms with Gasteiger partial charge in [-0.2, -0.15) is 0 Å². The summed E-state index contributed by atoms with van der Waals surface area (Å²) in [5, 5.41) is 11.5. The maximum Gasteiger partial charge on any atom is 0.338 e. The highest BCUT2D eigenvalue weighted by molar-refractivity contribution is 5.96. The van der Waals surface area contributed by atoms with E-state index in [9.17, 15) is 24.5 Å². The number of nitro benzene ring substituents is 1. The number of carbonyl (C=O) groups is 3. The molecule has 2 aromatic rings. The minimum absolute atomic E-state index is 0.0556. The summed E-state index contributed by atoms with van der Waals surface area (Å²) in [6.45, 7) is 10.4. The molecule has 0 fully saturated rings. The summed E-state index contributed by atoms with van der Waals surface area (Å²) in [6.07, 6.45) is 7.95. The Labute approximate surface area is 260 Å². The summed E-state index contributed by atoms with van der Waals surface area (Å²) in [6, 6.07) is 10.7. The zero-order valence-corrected chi connectivity index (χ0v) is 26.9. The van der Waals surface area contributed by atoms with Gasteiger partial charge in [-0.15, -0.1) is 0 Å². The largest absolute Gasteiger partial charge is 0.465 e. The van der Waals surface area contributed by atoms with Gasteiger partial charge < -0.3 is 23.7 Å². The molecule has 0 bridgehead atoms. The molecule has 0 saturated carbocycles. The van der Waals surface area contributed by atoms with Gasteiger partial charge in [-0.05, 0) is 78.6 Å². The highest BCUT2D eigenvalue weighted by Gasteiger charge is 2.24. The lowest BCUT2D eigenvalue weighted by atomic mass is 10.1. The molecule has 0 aliphatic rings. The van der Waals surface area contributed by atoms with Crippen molar-refractivity contribution < 1.29 is 38.3 Å². The summed E-state index contributed by atoms with van der Waals surface area (Å²) in [5.74, 6) is -1.05. The summed E-state index contributed by atoms with van der Waals surface area (Å²) in [4.78, 5) is 47.5. The van der Waals surface area contributed by atoms with Gasteiger partial charge in [0, 0.05) is 18.9 Å². The number of carbonyl (C=O) groups excluding carboxylic acids is 3. The van der Waals surface area contributed by atoms with Gasteiger partial charge in [-0.3, -0.25) is 10.1 Å². The van der Waals surface area contributed by atoms with Gasteiger partial charge in [0.1, 0.15) is 23.2 Å².